The average molecular weight is 498 g/mol. The minimum absolute atomic E-state index is 0. The van der Waals surface area contributed by atoms with E-state index in [1.165, 1.54) is 35.5 Å². The zero-order valence-electron chi connectivity index (χ0n) is 18.4. The van der Waals surface area contributed by atoms with Gasteiger partial charge in [0.25, 0.3) is 0 Å². The highest BCUT2D eigenvalue weighted by atomic mass is 35.5. The first-order chi connectivity index (χ1) is 13.3. The Kier molecular flexibility index (Phi) is 19.7. The quantitative estimate of drug-likeness (QED) is 0.251. The number of ketones is 1. The molecule has 11 nitrogen and oxygen atoms in total. The Morgan fingerprint density at radius 2 is 1.20 bits per heavy atom. The summed E-state index contributed by atoms with van der Waals surface area (Å²) in [6.45, 7) is 0. The number of rotatable bonds is 11. The Hall–Kier alpha value is -0.350. The van der Waals surface area contributed by atoms with Crippen molar-refractivity contribution in [1.82, 2.24) is 0 Å². The maximum Gasteiger partial charge on any atom is 0.337 e. The normalized spacial score (nSPS) is 15.9. The molecular weight excluding hydrogens is 462 g/mol. The lowest BCUT2D eigenvalue weighted by Crippen LogP contribution is -2.10. The Morgan fingerprint density at radius 1 is 0.833 bits per heavy atom. The van der Waals surface area contributed by atoms with E-state index in [9.17, 15) is 13.9 Å². The molecule has 0 spiro atoms. The van der Waals surface area contributed by atoms with E-state index in [2.05, 4.69) is 14.2 Å². The third-order valence-corrected chi connectivity index (χ3v) is 7.74. The van der Waals surface area contributed by atoms with Crippen LogP contribution in [0.5, 0.6) is 0 Å². The van der Waals surface area contributed by atoms with Crippen molar-refractivity contribution in [3.8, 4) is 0 Å². The molecule has 0 atom stereocenters. The van der Waals surface area contributed by atoms with E-state index in [0.717, 1.165) is 38.5 Å². The van der Waals surface area contributed by atoms with Crippen LogP contribution in [0.4, 0.5) is 0 Å². The number of Topliss-reactive ketones (excluding diaryl/α,β-unsaturated/α-hetero) is 1. The molecule has 0 aliphatic heterocycles. The van der Waals surface area contributed by atoms with Crippen LogP contribution in [0.15, 0.2) is 5.16 Å². The second kappa shape index (κ2) is 17.2. The predicted molar refractivity (Wildman–Crippen MR) is 119 cm³/mol. The molecular formula is C16H36ClN2O9P2-. The number of nitrogens with two attached hydrogens (primary N) is 1. The number of hydrogen-bond donors (Lipinski definition) is 1. The van der Waals surface area contributed by atoms with Crippen molar-refractivity contribution >= 4 is 39.1 Å². The first-order valence-corrected chi connectivity index (χ1v) is 12.2. The van der Waals surface area contributed by atoms with Gasteiger partial charge in [-0.15, -0.1) is 12.4 Å². The Morgan fingerprint density at radius 3 is 1.50 bits per heavy atom. The van der Waals surface area contributed by atoms with E-state index in [-0.39, 0.29) is 42.6 Å². The van der Waals surface area contributed by atoms with E-state index in [0.29, 0.717) is 5.92 Å². The largest absolute Gasteiger partial charge is 0.693 e. The number of aliphatic hydroxyl groups is 1. The second-order valence-electron chi connectivity index (χ2n) is 6.05. The number of nitrogens with zero attached hydrogens (tertiary/aromatic N) is 1. The smallest absolute Gasteiger partial charge is 0.337 e. The van der Waals surface area contributed by atoms with Gasteiger partial charge < -0.3 is 34.2 Å². The van der Waals surface area contributed by atoms with Crippen molar-refractivity contribution in [1.29, 1.82) is 0 Å². The summed E-state index contributed by atoms with van der Waals surface area (Å²) in [5.41, 5.74) is 0.777. The fourth-order valence-electron chi connectivity index (χ4n) is 2.10. The molecule has 0 radical (unpaired) electrons. The highest BCUT2D eigenvalue weighted by Crippen LogP contribution is 2.49. The van der Waals surface area contributed by atoms with Gasteiger partial charge >= 0.3 is 15.2 Å². The van der Waals surface area contributed by atoms with Gasteiger partial charge in [-0.2, -0.15) is 0 Å². The van der Waals surface area contributed by atoms with Crippen LogP contribution >= 0.6 is 27.6 Å². The lowest BCUT2D eigenvalue weighted by molar-refractivity contribution is -0.118. The molecule has 30 heavy (non-hydrogen) atoms. The molecule has 0 unspecified atom stereocenters. The number of hydrogen-bond acceptors (Lipinski definition) is 10. The van der Waals surface area contributed by atoms with Crippen LogP contribution in [0.1, 0.15) is 25.7 Å². The van der Waals surface area contributed by atoms with E-state index in [1.807, 2.05) is 0 Å². The molecule has 0 amide bonds. The van der Waals surface area contributed by atoms with E-state index in [1.54, 1.807) is 0 Å². The summed E-state index contributed by atoms with van der Waals surface area (Å²) in [4.78, 5) is 15.9. The number of oxime groups is 1. The predicted octanol–water partition coefficient (Wildman–Crippen LogP) is 4.08. The molecule has 2 aliphatic carbocycles. The summed E-state index contributed by atoms with van der Waals surface area (Å²) in [7, 11) is 1.73. The lowest BCUT2D eigenvalue weighted by atomic mass is 10.3. The third kappa shape index (κ3) is 13.1. The molecule has 2 saturated carbocycles. The van der Waals surface area contributed by atoms with Gasteiger partial charge in [-0.1, -0.05) is 5.16 Å². The molecule has 0 aromatic rings. The third-order valence-electron chi connectivity index (χ3n) is 4.11. The van der Waals surface area contributed by atoms with Crippen molar-refractivity contribution in [2.45, 2.75) is 25.7 Å². The highest BCUT2D eigenvalue weighted by Gasteiger charge is 2.36. The topological polar surface area (TPSA) is 163 Å². The van der Waals surface area contributed by atoms with E-state index >= 15 is 0 Å². The van der Waals surface area contributed by atoms with Gasteiger partial charge in [0.1, 0.15) is 19.1 Å². The summed E-state index contributed by atoms with van der Waals surface area (Å²) in [6.07, 6.45) is 4.15. The summed E-state index contributed by atoms with van der Waals surface area (Å²) >= 11 is 0. The van der Waals surface area contributed by atoms with E-state index < -0.39 is 15.2 Å². The molecule has 0 bridgehead atoms. The van der Waals surface area contributed by atoms with Crippen LogP contribution in [-0.4, -0.2) is 71.6 Å². The van der Waals surface area contributed by atoms with Crippen LogP contribution in [0.3, 0.4) is 0 Å². The number of aliphatic hydroxyl groups excluding tert-OH is 1. The molecule has 2 fully saturated rings. The van der Waals surface area contributed by atoms with Gasteiger partial charge in [0.15, 0.2) is 0 Å². The van der Waals surface area contributed by atoms with Crippen molar-refractivity contribution in [3.05, 3.63) is 6.15 Å². The van der Waals surface area contributed by atoms with Gasteiger partial charge in [0.05, 0.1) is 11.9 Å². The summed E-state index contributed by atoms with van der Waals surface area (Å²) < 4.78 is 42.2. The van der Waals surface area contributed by atoms with Gasteiger partial charge in [0, 0.05) is 47.4 Å². The van der Waals surface area contributed by atoms with Crippen molar-refractivity contribution in [2.75, 3.05) is 55.0 Å². The first-order valence-electron chi connectivity index (χ1n) is 8.74. The minimum Gasteiger partial charge on any atom is -0.693 e. The average Bonchev–Trinajstić information content (AvgIpc) is 3.61. The van der Waals surface area contributed by atoms with Gasteiger partial charge in [-0.3, -0.25) is 13.9 Å². The molecule has 14 heteroatoms. The van der Waals surface area contributed by atoms with Crippen LogP contribution in [0.2, 0.25) is 0 Å². The monoisotopic (exact) mass is 497 g/mol. The molecule has 3 N–H and O–H groups in total. The maximum absolute atomic E-state index is 11.8. The first kappa shape index (κ1) is 34.3. The molecule has 2 aliphatic rings. The van der Waals surface area contributed by atoms with Crippen LogP contribution in [-0.2, 0) is 36.9 Å². The lowest BCUT2D eigenvalue weighted by Gasteiger charge is -2.13. The Labute approximate surface area is 185 Å². The maximum atomic E-state index is 11.8. The minimum atomic E-state index is -3.10. The number of carbonyl (C=O) groups excluding carboxylic acids is 1. The van der Waals surface area contributed by atoms with Crippen LogP contribution in [0.25, 0.3) is 6.15 Å². The zero-order chi connectivity index (χ0) is 21.8. The molecule has 0 aromatic heterocycles. The second-order valence-corrected chi connectivity index (χ2v) is 10.6. The van der Waals surface area contributed by atoms with Crippen LogP contribution in [0, 0.1) is 11.8 Å². The van der Waals surface area contributed by atoms with Gasteiger partial charge in [-0.05, 0) is 25.7 Å². The van der Waals surface area contributed by atoms with Gasteiger partial charge in [0.2, 0.25) is 0 Å². The summed E-state index contributed by atoms with van der Waals surface area (Å²) in [5.74, 6) is 0.513. The molecule has 0 saturated heterocycles. The molecule has 0 heterocycles. The molecule has 182 valence electrons. The standard InChI is InChI=1S/C8H16NO4P.C7H13O4P.CH4O.ClH.H2N/c1-11-9-8(7-4-5-7)6-14(10,12-2)13-3;1-10-12(9,11-2)5-7(8)6-3-4-6;1-2;;/h7H,4-6H2,1-3H3;6H,3-5H2,1-2H3;2H,1H3;1H;1H2/q;;;;-1/b9-8+;;;;. The number of halogens is 1. The highest BCUT2D eigenvalue weighted by molar-refractivity contribution is 7.55. The van der Waals surface area contributed by atoms with Crippen molar-refractivity contribution < 1.29 is 42.0 Å². The summed E-state index contributed by atoms with van der Waals surface area (Å²) in [5, 5.41) is 10.9. The summed E-state index contributed by atoms with van der Waals surface area (Å²) in [6, 6.07) is 0. The number of carbonyl (C=O) groups is 1. The molecule has 2 rings (SSSR count). The van der Waals surface area contributed by atoms with Crippen LogP contribution < -0.4 is 0 Å². The SMILES string of the molecule is CO.CO/N=C(\CP(=O)(OC)OC)C1CC1.COP(=O)(CC(=O)C1CC1)OC.Cl.[NH2-]. The van der Waals surface area contributed by atoms with Crippen molar-refractivity contribution in [3.63, 3.8) is 0 Å². The zero-order valence-corrected chi connectivity index (χ0v) is 21.0. The van der Waals surface area contributed by atoms with Crippen molar-refractivity contribution in [2.24, 2.45) is 17.0 Å². The fraction of sp³-hybridized carbons (Fsp3) is 0.875. The van der Waals surface area contributed by atoms with Gasteiger partial charge in [-0.25, -0.2) is 0 Å². The fourth-order valence-corrected chi connectivity index (χ4v) is 4.26. The molecule has 0 aromatic carbocycles. The van der Waals surface area contributed by atoms with E-state index in [4.69, 9.17) is 19.0 Å². The Balaban J connectivity index is -0.000000426. The Bertz CT molecular complexity index is 583.